The zero-order chi connectivity index (χ0) is 17.6. The molecule has 2 fully saturated rings. The molecule has 128 valence electrons. The van der Waals surface area contributed by atoms with Crippen LogP contribution in [0.2, 0.25) is 0 Å². The van der Waals surface area contributed by atoms with Gasteiger partial charge in [-0.05, 0) is 18.1 Å². The highest BCUT2D eigenvalue weighted by molar-refractivity contribution is 6.01. The molecule has 4 rings (SSSR count). The molecule has 0 bridgehead atoms. The number of hydrogen-bond acceptors (Lipinski definition) is 3. The zero-order valence-electron chi connectivity index (χ0n) is 14.3. The fourth-order valence-electron chi connectivity index (χ4n) is 3.65. The van der Waals surface area contributed by atoms with Crippen molar-refractivity contribution in [1.82, 2.24) is 15.1 Å². The lowest BCUT2D eigenvalue weighted by Gasteiger charge is -2.24. The minimum Gasteiger partial charge on any atom is -0.322 e. The molecule has 5 nitrogen and oxygen atoms in total. The predicted octanol–water partition coefficient (Wildman–Crippen LogP) is 2.72. The summed E-state index contributed by atoms with van der Waals surface area (Å²) in [6.45, 7) is 1.98. The summed E-state index contributed by atoms with van der Waals surface area (Å²) >= 11 is 0. The number of imide groups is 1. The minimum absolute atomic E-state index is 0.0147. The maximum absolute atomic E-state index is 13.1. The Morgan fingerprint density at radius 1 is 0.960 bits per heavy atom. The molecule has 0 unspecified atom stereocenters. The van der Waals surface area contributed by atoms with Crippen molar-refractivity contribution in [1.29, 1.82) is 0 Å². The number of carbonyl (C=O) groups is 2. The Hall–Kier alpha value is -2.66. The van der Waals surface area contributed by atoms with Crippen molar-refractivity contribution in [2.45, 2.75) is 31.1 Å². The van der Waals surface area contributed by atoms with Gasteiger partial charge in [0, 0.05) is 7.05 Å². The van der Waals surface area contributed by atoms with Crippen molar-refractivity contribution in [3.63, 3.8) is 0 Å². The number of benzene rings is 2. The van der Waals surface area contributed by atoms with Crippen LogP contribution in [0.5, 0.6) is 0 Å². The van der Waals surface area contributed by atoms with E-state index in [1.54, 1.807) is 11.9 Å². The first-order chi connectivity index (χ1) is 12.1. The number of amides is 3. The second-order valence-electron chi connectivity index (χ2n) is 6.73. The quantitative estimate of drug-likeness (QED) is 0.877. The van der Waals surface area contributed by atoms with Crippen LogP contribution in [0.1, 0.15) is 30.1 Å². The van der Waals surface area contributed by atoms with Crippen molar-refractivity contribution < 1.29 is 9.59 Å². The first-order valence-electron chi connectivity index (χ1n) is 8.55. The largest absolute Gasteiger partial charge is 0.327 e. The van der Waals surface area contributed by atoms with E-state index < -0.39 is 0 Å². The lowest BCUT2D eigenvalue weighted by Crippen LogP contribution is -2.39. The van der Waals surface area contributed by atoms with Gasteiger partial charge >= 0.3 is 6.03 Å². The van der Waals surface area contributed by atoms with Crippen LogP contribution >= 0.6 is 0 Å². The third kappa shape index (κ3) is 2.61. The van der Waals surface area contributed by atoms with Crippen molar-refractivity contribution in [2.75, 3.05) is 7.05 Å². The van der Waals surface area contributed by atoms with Gasteiger partial charge < -0.3 is 4.90 Å². The summed E-state index contributed by atoms with van der Waals surface area (Å²) in [5.74, 6) is -0.149. The number of carbonyl (C=O) groups excluding carboxylic acids is 2. The molecule has 0 spiro atoms. The van der Waals surface area contributed by atoms with Crippen LogP contribution in [-0.2, 0) is 4.79 Å². The summed E-state index contributed by atoms with van der Waals surface area (Å²) in [4.78, 5) is 28.9. The van der Waals surface area contributed by atoms with E-state index in [1.807, 2.05) is 67.6 Å². The average Bonchev–Trinajstić information content (AvgIpc) is 3.42. The SMILES string of the molecule is C[C@@H]1[C@H](c2ccccc2)N(C(=O)[C@H]2N[C@@H]2c2ccccc2)C(=O)N1C. The second-order valence-corrected chi connectivity index (χ2v) is 6.73. The molecule has 2 aliphatic heterocycles. The van der Waals surface area contributed by atoms with Crippen LogP contribution in [0.4, 0.5) is 4.79 Å². The lowest BCUT2D eigenvalue weighted by atomic mass is 10.00. The minimum atomic E-state index is -0.337. The Bertz CT molecular complexity index is 793. The lowest BCUT2D eigenvalue weighted by molar-refractivity contribution is -0.129. The molecule has 0 saturated carbocycles. The number of likely N-dealkylation sites (N-methyl/N-ethyl adjacent to an activating group) is 1. The van der Waals surface area contributed by atoms with E-state index in [9.17, 15) is 9.59 Å². The van der Waals surface area contributed by atoms with Crippen LogP contribution < -0.4 is 5.32 Å². The third-order valence-corrected chi connectivity index (χ3v) is 5.24. The smallest absolute Gasteiger partial charge is 0.322 e. The van der Waals surface area contributed by atoms with Gasteiger partial charge in [0.15, 0.2) is 0 Å². The maximum Gasteiger partial charge on any atom is 0.327 e. The van der Waals surface area contributed by atoms with Gasteiger partial charge in [0.05, 0.1) is 18.1 Å². The normalized spacial score (nSPS) is 28.3. The van der Waals surface area contributed by atoms with Crippen LogP contribution in [0.25, 0.3) is 0 Å². The zero-order valence-corrected chi connectivity index (χ0v) is 14.3. The number of nitrogens with one attached hydrogen (secondary N) is 1. The predicted molar refractivity (Wildman–Crippen MR) is 94.8 cm³/mol. The summed E-state index contributed by atoms with van der Waals surface area (Å²) in [6, 6.07) is 18.7. The van der Waals surface area contributed by atoms with Crippen molar-refractivity contribution in [2.24, 2.45) is 0 Å². The Morgan fingerprint density at radius 2 is 1.52 bits per heavy atom. The molecule has 0 radical (unpaired) electrons. The maximum atomic E-state index is 13.1. The van der Waals surface area contributed by atoms with Gasteiger partial charge in [-0.25, -0.2) is 4.79 Å². The van der Waals surface area contributed by atoms with E-state index in [0.29, 0.717) is 0 Å². The molecule has 3 amide bonds. The number of hydrogen-bond donors (Lipinski definition) is 1. The Kier molecular flexibility index (Phi) is 3.81. The van der Waals surface area contributed by atoms with E-state index in [1.165, 1.54) is 4.90 Å². The molecule has 2 aromatic rings. The molecule has 4 atom stereocenters. The molecule has 25 heavy (non-hydrogen) atoms. The van der Waals surface area contributed by atoms with E-state index in [4.69, 9.17) is 0 Å². The van der Waals surface area contributed by atoms with Crippen molar-refractivity contribution in [3.8, 4) is 0 Å². The molecule has 0 aliphatic carbocycles. The van der Waals surface area contributed by atoms with Crippen molar-refractivity contribution in [3.05, 3.63) is 71.8 Å². The molecule has 2 heterocycles. The highest BCUT2D eigenvalue weighted by Gasteiger charge is 2.53. The fourth-order valence-corrected chi connectivity index (χ4v) is 3.65. The summed E-state index contributed by atoms with van der Waals surface area (Å²) in [6.07, 6.45) is 0. The van der Waals surface area contributed by atoms with E-state index in [-0.39, 0.29) is 36.1 Å². The van der Waals surface area contributed by atoms with Gasteiger partial charge in [0.25, 0.3) is 0 Å². The van der Waals surface area contributed by atoms with E-state index >= 15 is 0 Å². The fraction of sp³-hybridized carbons (Fsp3) is 0.300. The summed E-state index contributed by atoms with van der Waals surface area (Å²) < 4.78 is 0. The summed E-state index contributed by atoms with van der Waals surface area (Å²) in [5, 5.41) is 3.22. The topological polar surface area (TPSA) is 62.6 Å². The van der Waals surface area contributed by atoms with E-state index in [2.05, 4.69) is 5.32 Å². The molecular weight excluding hydrogens is 314 g/mol. The highest BCUT2D eigenvalue weighted by atomic mass is 16.2. The van der Waals surface area contributed by atoms with Gasteiger partial charge in [-0.2, -0.15) is 0 Å². The van der Waals surface area contributed by atoms with Gasteiger partial charge in [-0.15, -0.1) is 0 Å². The third-order valence-electron chi connectivity index (χ3n) is 5.24. The Balaban J connectivity index is 1.61. The molecule has 0 aromatic heterocycles. The van der Waals surface area contributed by atoms with Gasteiger partial charge in [0.2, 0.25) is 5.91 Å². The van der Waals surface area contributed by atoms with Crippen molar-refractivity contribution >= 4 is 11.9 Å². The standard InChI is InChI=1S/C20H21N3O2/c1-13-18(15-11-7-4-8-12-15)23(20(25)22(13)2)19(24)17-16(21-17)14-9-5-3-6-10-14/h3-13,16-18,21H,1-2H3/t13-,16-,17+,18-/m1/s1. The molecule has 2 aromatic carbocycles. The monoisotopic (exact) mass is 335 g/mol. The Morgan fingerprint density at radius 3 is 2.12 bits per heavy atom. The van der Waals surface area contributed by atoms with Gasteiger partial charge in [0.1, 0.15) is 6.04 Å². The average molecular weight is 335 g/mol. The first kappa shape index (κ1) is 15.8. The molecular formula is C20H21N3O2. The Labute approximate surface area is 147 Å². The molecule has 5 heteroatoms. The second kappa shape index (κ2) is 6.01. The van der Waals surface area contributed by atoms with Crippen LogP contribution in [0.3, 0.4) is 0 Å². The molecule has 2 aliphatic rings. The van der Waals surface area contributed by atoms with Gasteiger partial charge in [-0.3, -0.25) is 15.0 Å². The van der Waals surface area contributed by atoms with Gasteiger partial charge in [-0.1, -0.05) is 60.7 Å². The highest BCUT2D eigenvalue weighted by Crippen LogP contribution is 2.38. The van der Waals surface area contributed by atoms with E-state index in [0.717, 1.165) is 11.1 Å². The molecule has 2 saturated heterocycles. The van der Waals surface area contributed by atoms with Crippen LogP contribution in [0.15, 0.2) is 60.7 Å². The van der Waals surface area contributed by atoms with Crippen LogP contribution in [-0.4, -0.2) is 40.9 Å². The summed E-state index contributed by atoms with van der Waals surface area (Å²) in [5.41, 5.74) is 2.06. The number of urea groups is 1. The number of nitrogens with zero attached hydrogens (tertiary/aromatic N) is 2. The molecule has 1 N–H and O–H groups in total. The first-order valence-corrected chi connectivity index (χ1v) is 8.55. The number of rotatable bonds is 3. The summed E-state index contributed by atoms with van der Waals surface area (Å²) in [7, 11) is 1.76. The van der Waals surface area contributed by atoms with Crippen LogP contribution in [0, 0.1) is 0 Å².